The third kappa shape index (κ3) is 4.22. The molecule has 0 radical (unpaired) electrons. The standard InChI is InChI=1S/C13H19NOS2/c1-5-8-11-9-6-7-10-12(11)17(15,16)14-13(2,3)4/h5-10,14H,1-4H3. The molecule has 0 bridgehead atoms. The molecule has 0 spiro atoms. The number of hydrogen-bond donors (Lipinski definition) is 1. The monoisotopic (exact) mass is 269 g/mol. The lowest BCUT2D eigenvalue weighted by atomic mass is 10.1. The Morgan fingerprint density at radius 2 is 1.88 bits per heavy atom. The van der Waals surface area contributed by atoms with Crippen LogP contribution in [0.5, 0.6) is 0 Å². The average Bonchev–Trinajstić information content (AvgIpc) is 2.15. The molecule has 1 aromatic carbocycles. The molecule has 1 rings (SSSR count). The Kier molecular flexibility index (Phi) is 4.47. The third-order valence-corrected chi connectivity index (χ3v) is 4.62. The van der Waals surface area contributed by atoms with Crippen LogP contribution in [-0.4, -0.2) is 9.75 Å². The number of rotatable bonds is 3. The highest BCUT2D eigenvalue weighted by Crippen LogP contribution is 2.19. The summed E-state index contributed by atoms with van der Waals surface area (Å²) in [5, 5.41) is 0. The molecule has 0 saturated carbocycles. The first-order valence-corrected chi connectivity index (χ1v) is 8.00. The summed E-state index contributed by atoms with van der Waals surface area (Å²) in [6.07, 6.45) is 3.84. The van der Waals surface area contributed by atoms with Crippen molar-refractivity contribution in [3.8, 4) is 0 Å². The minimum atomic E-state index is -2.64. The Bertz CT molecular complexity index is 510. The zero-order valence-electron chi connectivity index (χ0n) is 10.7. The second-order valence-corrected chi connectivity index (χ2v) is 7.95. The van der Waals surface area contributed by atoms with E-state index in [0.29, 0.717) is 4.90 Å². The van der Waals surface area contributed by atoms with Crippen molar-refractivity contribution in [3.05, 3.63) is 35.9 Å². The van der Waals surface area contributed by atoms with Crippen LogP contribution in [0.2, 0.25) is 0 Å². The van der Waals surface area contributed by atoms with Crippen molar-refractivity contribution >= 4 is 25.9 Å². The molecule has 0 saturated heterocycles. The highest BCUT2D eigenvalue weighted by Gasteiger charge is 2.20. The van der Waals surface area contributed by atoms with Gasteiger partial charge >= 0.3 is 0 Å². The van der Waals surface area contributed by atoms with Crippen molar-refractivity contribution < 1.29 is 4.21 Å². The largest absolute Gasteiger partial charge is 0.236 e. The van der Waals surface area contributed by atoms with Crippen molar-refractivity contribution in [3.63, 3.8) is 0 Å². The molecule has 0 aliphatic carbocycles. The molecule has 1 aromatic rings. The Labute approximate surface area is 109 Å². The second-order valence-electron chi connectivity index (χ2n) is 4.89. The zero-order valence-corrected chi connectivity index (χ0v) is 12.3. The number of benzene rings is 1. The molecule has 0 heterocycles. The van der Waals surface area contributed by atoms with Gasteiger partial charge in [0.25, 0.3) is 0 Å². The molecule has 1 atom stereocenters. The van der Waals surface area contributed by atoms with E-state index in [9.17, 15) is 4.21 Å². The lowest BCUT2D eigenvalue weighted by Gasteiger charge is -2.23. The molecule has 0 fully saturated rings. The average molecular weight is 269 g/mol. The quantitative estimate of drug-likeness (QED) is 0.913. The van der Waals surface area contributed by atoms with E-state index in [1.807, 2.05) is 64.1 Å². The Morgan fingerprint density at radius 1 is 1.29 bits per heavy atom. The first kappa shape index (κ1) is 14.4. The summed E-state index contributed by atoms with van der Waals surface area (Å²) < 4.78 is 15.6. The normalized spacial score (nSPS) is 16.0. The number of hydrogen-bond acceptors (Lipinski definition) is 2. The highest BCUT2D eigenvalue weighted by atomic mass is 32.8. The van der Waals surface area contributed by atoms with Crippen LogP contribution < -0.4 is 4.72 Å². The molecule has 94 valence electrons. The maximum Gasteiger partial charge on any atom is 0.120 e. The molecule has 1 N–H and O–H groups in total. The van der Waals surface area contributed by atoms with E-state index in [4.69, 9.17) is 11.2 Å². The van der Waals surface area contributed by atoms with Gasteiger partial charge in [-0.1, -0.05) is 30.4 Å². The smallest absolute Gasteiger partial charge is 0.120 e. The summed E-state index contributed by atoms with van der Waals surface area (Å²) >= 11 is 5.24. The summed E-state index contributed by atoms with van der Waals surface area (Å²) in [7, 11) is -2.64. The molecule has 0 aromatic heterocycles. The molecule has 0 aliphatic rings. The van der Waals surface area contributed by atoms with Gasteiger partial charge in [0.15, 0.2) is 0 Å². The van der Waals surface area contributed by atoms with Crippen LogP contribution in [0.1, 0.15) is 33.3 Å². The van der Waals surface area contributed by atoms with E-state index in [-0.39, 0.29) is 5.54 Å². The van der Waals surface area contributed by atoms with Gasteiger partial charge in [0.05, 0.1) is 4.90 Å². The van der Waals surface area contributed by atoms with Crippen LogP contribution in [0.4, 0.5) is 0 Å². The van der Waals surface area contributed by atoms with Crippen molar-refractivity contribution in [1.29, 1.82) is 0 Å². The van der Waals surface area contributed by atoms with Crippen LogP contribution in [-0.2, 0) is 19.9 Å². The Morgan fingerprint density at radius 3 is 2.41 bits per heavy atom. The van der Waals surface area contributed by atoms with Gasteiger partial charge in [0, 0.05) is 16.7 Å². The minimum Gasteiger partial charge on any atom is -0.236 e. The van der Waals surface area contributed by atoms with Gasteiger partial charge in [-0.05, 0) is 39.3 Å². The summed E-state index contributed by atoms with van der Waals surface area (Å²) in [6, 6.07) is 7.52. The van der Waals surface area contributed by atoms with Crippen LogP contribution in [0, 0.1) is 0 Å². The summed E-state index contributed by atoms with van der Waals surface area (Å²) in [4.78, 5) is 0.683. The number of nitrogens with one attached hydrogen (secondary N) is 1. The highest BCUT2D eigenvalue weighted by molar-refractivity contribution is 8.31. The van der Waals surface area contributed by atoms with Crippen molar-refractivity contribution in [2.45, 2.75) is 38.1 Å². The van der Waals surface area contributed by atoms with Crippen molar-refractivity contribution in [1.82, 2.24) is 4.72 Å². The Balaban J connectivity index is 3.24. The summed E-state index contributed by atoms with van der Waals surface area (Å²) in [5.41, 5.74) is 0.633. The topological polar surface area (TPSA) is 29.1 Å². The molecule has 1 unspecified atom stereocenters. The van der Waals surface area contributed by atoms with Crippen molar-refractivity contribution in [2.75, 3.05) is 0 Å². The van der Waals surface area contributed by atoms with Crippen LogP contribution in [0.3, 0.4) is 0 Å². The van der Waals surface area contributed by atoms with Gasteiger partial charge in [-0.2, -0.15) is 0 Å². The second kappa shape index (κ2) is 5.29. The van der Waals surface area contributed by atoms with E-state index >= 15 is 0 Å². The SMILES string of the molecule is CC=Cc1ccccc1S(=O)(=S)NC(C)(C)C. The number of allylic oxidation sites excluding steroid dienone is 1. The zero-order chi connectivity index (χ0) is 13.1. The lowest BCUT2D eigenvalue weighted by molar-refractivity contribution is 0.519. The molecule has 2 nitrogen and oxygen atoms in total. The van der Waals surface area contributed by atoms with Gasteiger partial charge in [-0.15, -0.1) is 0 Å². The fourth-order valence-electron chi connectivity index (χ4n) is 1.50. The first-order valence-electron chi connectivity index (χ1n) is 5.52. The van der Waals surface area contributed by atoms with E-state index in [1.54, 1.807) is 0 Å². The van der Waals surface area contributed by atoms with E-state index in [1.165, 1.54) is 0 Å². The third-order valence-electron chi connectivity index (χ3n) is 2.00. The molecular weight excluding hydrogens is 250 g/mol. The van der Waals surface area contributed by atoms with Gasteiger partial charge in [-0.25, -0.2) is 8.93 Å². The minimum absolute atomic E-state index is 0.276. The van der Waals surface area contributed by atoms with E-state index in [0.717, 1.165) is 5.56 Å². The first-order chi connectivity index (χ1) is 7.76. The lowest BCUT2D eigenvalue weighted by Crippen LogP contribution is -2.40. The summed E-state index contributed by atoms with van der Waals surface area (Å²) in [6.45, 7) is 7.80. The van der Waals surface area contributed by atoms with Gasteiger partial charge in [0.1, 0.15) is 8.68 Å². The van der Waals surface area contributed by atoms with Crippen molar-refractivity contribution in [2.24, 2.45) is 0 Å². The summed E-state index contributed by atoms with van der Waals surface area (Å²) in [5.74, 6) is 0. The molecule has 0 aliphatic heterocycles. The molecule has 17 heavy (non-hydrogen) atoms. The van der Waals surface area contributed by atoms with Gasteiger partial charge < -0.3 is 0 Å². The van der Waals surface area contributed by atoms with Crippen LogP contribution >= 0.6 is 0 Å². The van der Waals surface area contributed by atoms with Gasteiger partial charge in [0.2, 0.25) is 0 Å². The van der Waals surface area contributed by atoms with E-state index in [2.05, 4.69) is 4.72 Å². The molecular formula is C13H19NOS2. The van der Waals surface area contributed by atoms with Crippen LogP contribution in [0.25, 0.3) is 6.08 Å². The predicted octanol–water partition coefficient (Wildman–Crippen LogP) is 3.13. The fraction of sp³-hybridized carbons (Fsp3) is 0.385. The predicted molar refractivity (Wildman–Crippen MR) is 77.8 cm³/mol. The maximum atomic E-state index is 12.6. The van der Waals surface area contributed by atoms with E-state index < -0.39 is 8.68 Å². The fourth-order valence-corrected chi connectivity index (χ4v) is 4.33. The Hall–Kier alpha value is -0.710. The van der Waals surface area contributed by atoms with Gasteiger partial charge in [-0.3, -0.25) is 0 Å². The molecule has 0 amide bonds. The molecule has 4 heteroatoms. The maximum absolute atomic E-state index is 12.6. The van der Waals surface area contributed by atoms with Crippen LogP contribution in [0.15, 0.2) is 35.2 Å².